The maximum absolute atomic E-state index is 9.05. The van der Waals surface area contributed by atoms with Crippen LogP contribution in [-0.4, -0.2) is 24.3 Å². The number of anilines is 2. The Morgan fingerprint density at radius 2 is 2.16 bits per heavy atom. The van der Waals surface area contributed by atoms with Crippen LogP contribution in [0.15, 0.2) is 55.1 Å². The number of rotatable bonds is 4. The van der Waals surface area contributed by atoms with Crippen LogP contribution in [0.25, 0.3) is 11.0 Å². The van der Waals surface area contributed by atoms with Gasteiger partial charge in [-0.3, -0.25) is 4.68 Å². The summed E-state index contributed by atoms with van der Waals surface area (Å²) in [7, 11) is 1.86. The Balaban J connectivity index is 1.65. The van der Waals surface area contributed by atoms with Crippen LogP contribution >= 0.6 is 0 Å². The molecule has 7 heteroatoms. The van der Waals surface area contributed by atoms with Crippen LogP contribution < -0.4 is 5.32 Å². The molecular formula is C18H15N7. The average Bonchev–Trinajstić information content (AvgIpc) is 3.21. The fourth-order valence-corrected chi connectivity index (χ4v) is 2.71. The minimum absolute atomic E-state index is 0.520. The van der Waals surface area contributed by atoms with Crippen molar-refractivity contribution in [3.8, 4) is 6.07 Å². The highest BCUT2D eigenvalue weighted by atomic mass is 15.3. The van der Waals surface area contributed by atoms with E-state index in [0.717, 1.165) is 22.3 Å². The molecular weight excluding hydrogens is 314 g/mol. The molecule has 7 nitrogen and oxygen atoms in total. The first kappa shape index (κ1) is 14.9. The van der Waals surface area contributed by atoms with Gasteiger partial charge in [0.05, 0.1) is 23.5 Å². The first-order valence-corrected chi connectivity index (χ1v) is 7.78. The monoisotopic (exact) mass is 329 g/mol. The summed E-state index contributed by atoms with van der Waals surface area (Å²) >= 11 is 0. The van der Waals surface area contributed by atoms with E-state index in [4.69, 9.17) is 5.26 Å². The molecule has 0 saturated carbocycles. The summed E-state index contributed by atoms with van der Waals surface area (Å²) in [6.45, 7) is 0.641. The maximum atomic E-state index is 9.05. The van der Waals surface area contributed by atoms with Gasteiger partial charge in [0, 0.05) is 37.6 Å². The summed E-state index contributed by atoms with van der Waals surface area (Å²) in [6.07, 6.45) is 7.36. The SMILES string of the molecule is Cn1cc(Nc2ncc3ccn(Cc4cccc(C#N)c4)c3n2)cn1. The van der Waals surface area contributed by atoms with Crippen LogP contribution in [0.5, 0.6) is 0 Å². The lowest BCUT2D eigenvalue weighted by Gasteiger charge is -2.07. The summed E-state index contributed by atoms with van der Waals surface area (Å²) in [5.41, 5.74) is 3.38. The Kier molecular flexibility index (Phi) is 3.63. The number of benzene rings is 1. The molecule has 0 aliphatic heterocycles. The maximum Gasteiger partial charge on any atom is 0.229 e. The van der Waals surface area contributed by atoms with Crippen LogP contribution in [0.1, 0.15) is 11.1 Å². The first-order valence-electron chi connectivity index (χ1n) is 7.78. The fourth-order valence-electron chi connectivity index (χ4n) is 2.71. The molecule has 3 aromatic heterocycles. The number of nitrogens with one attached hydrogen (secondary N) is 1. The molecule has 0 unspecified atom stereocenters. The summed E-state index contributed by atoms with van der Waals surface area (Å²) < 4.78 is 3.76. The third kappa shape index (κ3) is 3.05. The van der Waals surface area contributed by atoms with Crippen molar-refractivity contribution in [3.63, 3.8) is 0 Å². The Labute approximate surface area is 144 Å². The third-order valence-corrected chi connectivity index (χ3v) is 3.87. The van der Waals surface area contributed by atoms with Gasteiger partial charge in [-0.1, -0.05) is 12.1 Å². The summed E-state index contributed by atoms with van der Waals surface area (Å²) in [6, 6.07) is 11.7. The van der Waals surface area contributed by atoms with Gasteiger partial charge in [-0.25, -0.2) is 4.98 Å². The van der Waals surface area contributed by atoms with Gasteiger partial charge >= 0.3 is 0 Å². The van der Waals surface area contributed by atoms with E-state index in [1.54, 1.807) is 23.1 Å². The van der Waals surface area contributed by atoms with E-state index in [9.17, 15) is 0 Å². The highest BCUT2D eigenvalue weighted by molar-refractivity contribution is 5.76. The second-order valence-corrected chi connectivity index (χ2v) is 5.76. The molecule has 1 N–H and O–H groups in total. The van der Waals surface area contributed by atoms with Crippen molar-refractivity contribution in [2.24, 2.45) is 7.05 Å². The average molecular weight is 329 g/mol. The van der Waals surface area contributed by atoms with Gasteiger partial charge in [-0.2, -0.15) is 15.3 Å². The van der Waals surface area contributed by atoms with Crippen molar-refractivity contribution in [1.82, 2.24) is 24.3 Å². The van der Waals surface area contributed by atoms with Crippen molar-refractivity contribution in [1.29, 1.82) is 5.26 Å². The predicted molar refractivity (Wildman–Crippen MR) is 94.3 cm³/mol. The third-order valence-electron chi connectivity index (χ3n) is 3.87. The summed E-state index contributed by atoms with van der Waals surface area (Å²) in [5, 5.41) is 17.3. The lowest BCUT2D eigenvalue weighted by atomic mass is 10.1. The molecule has 0 fully saturated rings. The molecule has 0 radical (unpaired) electrons. The number of hydrogen-bond donors (Lipinski definition) is 1. The lowest BCUT2D eigenvalue weighted by molar-refractivity contribution is 0.768. The summed E-state index contributed by atoms with van der Waals surface area (Å²) in [4.78, 5) is 8.96. The Morgan fingerprint density at radius 1 is 1.24 bits per heavy atom. The highest BCUT2D eigenvalue weighted by Gasteiger charge is 2.07. The van der Waals surface area contributed by atoms with E-state index in [0.29, 0.717) is 18.1 Å². The molecule has 4 aromatic rings. The minimum Gasteiger partial charge on any atom is -0.328 e. The number of aromatic nitrogens is 5. The van der Waals surface area contributed by atoms with Crippen molar-refractivity contribution in [2.45, 2.75) is 6.54 Å². The summed E-state index contributed by atoms with van der Waals surface area (Å²) in [5.74, 6) is 0.520. The van der Waals surface area contributed by atoms with Gasteiger partial charge in [0.1, 0.15) is 5.65 Å². The van der Waals surface area contributed by atoms with Gasteiger partial charge in [-0.05, 0) is 23.8 Å². The quantitative estimate of drug-likeness (QED) is 0.622. The van der Waals surface area contributed by atoms with Gasteiger partial charge in [0.2, 0.25) is 5.95 Å². The molecule has 122 valence electrons. The molecule has 25 heavy (non-hydrogen) atoms. The van der Waals surface area contributed by atoms with E-state index in [2.05, 4.69) is 26.5 Å². The molecule has 0 bridgehead atoms. The normalized spacial score (nSPS) is 10.7. The van der Waals surface area contributed by atoms with Crippen molar-refractivity contribution >= 4 is 22.7 Å². The van der Waals surface area contributed by atoms with Crippen molar-refractivity contribution < 1.29 is 0 Å². The fraction of sp³-hybridized carbons (Fsp3) is 0.111. The Morgan fingerprint density at radius 3 is 2.96 bits per heavy atom. The number of hydrogen-bond acceptors (Lipinski definition) is 5. The minimum atomic E-state index is 0.520. The van der Waals surface area contributed by atoms with Gasteiger partial charge in [0.25, 0.3) is 0 Å². The zero-order valence-electron chi connectivity index (χ0n) is 13.6. The molecule has 0 amide bonds. The number of nitrogens with zero attached hydrogens (tertiary/aromatic N) is 6. The second kappa shape index (κ2) is 6.09. The zero-order chi connectivity index (χ0) is 17.2. The first-order chi connectivity index (χ1) is 12.2. The molecule has 4 rings (SSSR count). The van der Waals surface area contributed by atoms with E-state index in [1.165, 1.54) is 0 Å². The highest BCUT2D eigenvalue weighted by Crippen LogP contribution is 2.18. The van der Waals surface area contributed by atoms with Crippen LogP contribution in [0.2, 0.25) is 0 Å². The molecule has 3 heterocycles. The molecule has 0 aliphatic rings. The largest absolute Gasteiger partial charge is 0.328 e. The van der Waals surface area contributed by atoms with Crippen LogP contribution in [0, 0.1) is 11.3 Å². The molecule has 1 aromatic carbocycles. The molecule has 0 atom stereocenters. The van der Waals surface area contributed by atoms with E-state index in [1.807, 2.05) is 48.3 Å². The topological polar surface area (TPSA) is 84.4 Å². The van der Waals surface area contributed by atoms with Crippen molar-refractivity contribution in [2.75, 3.05) is 5.32 Å². The van der Waals surface area contributed by atoms with Gasteiger partial charge in [0.15, 0.2) is 0 Å². The van der Waals surface area contributed by atoms with E-state index >= 15 is 0 Å². The smallest absolute Gasteiger partial charge is 0.229 e. The van der Waals surface area contributed by atoms with E-state index in [-0.39, 0.29) is 0 Å². The van der Waals surface area contributed by atoms with Crippen LogP contribution in [0.4, 0.5) is 11.6 Å². The Hall–Kier alpha value is -3.66. The molecule has 0 saturated heterocycles. The van der Waals surface area contributed by atoms with Crippen molar-refractivity contribution in [3.05, 3.63) is 66.2 Å². The second-order valence-electron chi connectivity index (χ2n) is 5.76. The molecule has 0 spiro atoms. The molecule has 0 aliphatic carbocycles. The lowest BCUT2D eigenvalue weighted by Crippen LogP contribution is -2.02. The standard InChI is InChI=1S/C18H15N7/c1-24-12-16(10-21-24)22-18-20-9-15-5-6-25(17(15)23-18)11-14-4-2-3-13(7-14)8-19/h2-7,9-10,12H,11H2,1H3,(H,20,22,23). The Bertz CT molecular complexity index is 1080. The van der Waals surface area contributed by atoms with Gasteiger partial charge < -0.3 is 9.88 Å². The zero-order valence-corrected chi connectivity index (χ0v) is 13.6. The number of aryl methyl sites for hydroxylation is 1. The van der Waals surface area contributed by atoms with Crippen LogP contribution in [-0.2, 0) is 13.6 Å². The number of nitriles is 1. The number of fused-ring (bicyclic) bond motifs is 1. The van der Waals surface area contributed by atoms with E-state index < -0.39 is 0 Å². The van der Waals surface area contributed by atoms with Gasteiger partial charge in [-0.15, -0.1) is 0 Å². The predicted octanol–water partition coefficient (Wildman–Crippen LogP) is 2.83. The van der Waals surface area contributed by atoms with Crippen LogP contribution in [0.3, 0.4) is 0 Å².